The minimum absolute atomic E-state index is 0.258. The largest absolute Gasteiger partial charge is 0.455 e. The van der Waals surface area contributed by atoms with Gasteiger partial charge in [0.2, 0.25) is 0 Å². The van der Waals surface area contributed by atoms with Crippen molar-refractivity contribution < 1.29 is 41.4 Å². The summed E-state index contributed by atoms with van der Waals surface area (Å²) in [7, 11) is 0. The van der Waals surface area contributed by atoms with Crippen LogP contribution >= 0.6 is 0 Å². The van der Waals surface area contributed by atoms with E-state index in [0.29, 0.717) is 0 Å². The lowest BCUT2D eigenvalue weighted by Crippen LogP contribution is -1.92. The first-order valence-corrected chi connectivity index (χ1v) is 14.7. The van der Waals surface area contributed by atoms with Gasteiger partial charge in [-0.2, -0.15) is 0 Å². The molecular weight excluding hydrogens is 593 g/mol. The number of furan rings is 1. The molecule has 10 rings (SSSR count). The first-order chi connectivity index (χ1) is 35.6. The van der Waals surface area contributed by atoms with Crippen LogP contribution in [0.5, 0.6) is 0 Å². The molecule has 9 aromatic carbocycles. The molecule has 1 nitrogen and oxygen atoms in total. The molecule has 0 fully saturated rings. The lowest BCUT2D eigenvalue weighted by Gasteiger charge is -2.18. The zero-order chi connectivity index (χ0) is 55.8. The zero-order valence-corrected chi connectivity index (χ0v) is 24.6. The molecule has 0 radical (unpaired) electrons. The molecular formula is C48H30O. The van der Waals surface area contributed by atoms with Crippen molar-refractivity contribution >= 4 is 54.1 Å². The molecule has 0 aliphatic carbocycles. The number of para-hydroxylation sites is 1. The highest BCUT2D eigenvalue weighted by Gasteiger charge is 2.26. The molecule has 10 aromatic rings. The SMILES string of the molecule is [2H]c1c([2H])c([2H])c(-c2cccc3c(-c4c5c([2H])c([2H])c([2H])c([2H])c5c(-c5c([2H])c([2H])c([2H])c([2H])c5[2H])c5c([2H])c([2H])c([2H])c([2H])c45)c(-c4c([2H])c([2H])c([2H])c5c4c([2H])c([2H])c4c([2H])c([2H])c([2H])c([2H])c45)oc23)c([2H])c1[2H]. The summed E-state index contributed by atoms with van der Waals surface area (Å²) in [4.78, 5) is 0. The van der Waals surface area contributed by atoms with Gasteiger partial charge in [0, 0.05) is 27.6 Å². The van der Waals surface area contributed by atoms with E-state index in [0.717, 1.165) is 0 Å². The Bertz CT molecular complexity index is 4290. The zero-order valence-electron chi connectivity index (χ0n) is 51.6. The van der Waals surface area contributed by atoms with Gasteiger partial charge in [-0.25, -0.2) is 0 Å². The Hall–Kier alpha value is -6.44. The van der Waals surface area contributed by atoms with Crippen molar-refractivity contribution in [1.82, 2.24) is 0 Å². The van der Waals surface area contributed by atoms with Crippen LogP contribution in [0, 0.1) is 0 Å². The van der Waals surface area contributed by atoms with E-state index >= 15 is 0 Å². The maximum atomic E-state index is 9.66. The van der Waals surface area contributed by atoms with Gasteiger partial charge in [-0.05, 0) is 59.8 Å². The second kappa shape index (κ2) is 11.1. The maximum Gasteiger partial charge on any atom is 0.143 e. The number of rotatable bonds is 4. The first-order valence-electron chi connectivity index (χ1n) is 28.2. The summed E-state index contributed by atoms with van der Waals surface area (Å²) >= 11 is 0. The van der Waals surface area contributed by atoms with Crippen molar-refractivity contribution in [2.45, 2.75) is 0 Å². The summed E-state index contributed by atoms with van der Waals surface area (Å²) < 4.78 is 250. The normalized spacial score (nSPS) is 19.4. The Labute approximate surface area is 322 Å². The van der Waals surface area contributed by atoms with Gasteiger partial charge in [-0.1, -0.05) is 181 Å². The number of hydrogen-bond acceptors (Lipinski definition) is 1. The fraction of sp³-hybridized carbons (Fsp3) is 0. The van der Waals surface area contributed by atoms with Gasteiger partial charge in [0.1, 0.15) is 11.3 Å². The van der Waals surface area contributed by atoms with Crippen LogP contribution in [0.1, 0.15) is 37.0 Å². The summed E-state index contributed by atoms with van der Waals surface area (Å²) in [5.41, 5.74) is -4.40. The van der Waals surface area contributed by atoms with Crippen LogP contribution in [0.15, 0.2) is 186 Å². The van der Waals surface area contributed by atoms with E-state index < -0.39 is 251 Å². The summed E-state index contributed by atoms with van der Waals surface area (Å²) in [5.74, 6) is -0.732. The molecule has 1 aromatic heterocycles. The number of benzene rings is 9. The molecule has 0 aliphatic heterocycles. The van der Waals surface area contributed by atoms with Crippen LogP contribution in [0.3, 0.4) is 0 Å². The van der Waals surface area contributed by atoms with Crippen molar-refractivity contribution in [2.75, 3.05) is 0 Å². The Balaban J connectivity index is 1.60. The van der Waals surface area contributed by atoms with Crippen LogP contribution in [-0.2, 0) is 0 Å². The molecule has 1 heteroatoms. The Morgan fingerprint density at radius 3 is 1.61 bits per heavy atom. The van der Waals surface area contributed by atoms with E-state index in [-0.39, 0.29) is 10.9 Å². The van der Waals surface area contributed by atoms with Crippen molar-refractivity contribution in [3.05, 3.63) is 181 Å². The average molecular weight is 650 g/mol. The van der Waals surface area contributed by atoms with E-state index in [1.807, 2.05) is 0 Å². The molecule has 0 saturated carbocycles. The van der Waals surface area contributed by atoms with Gasteiger partial charge in [-0.3, -0.25) is 0 Å². The third-order valence-electron chi connectivity index (χ3n) is 8.21. The predicted molar refractivity (Wildman–Crippen MR) is 208 cm³/mol. The second-order valence-corrected chi connectivity index (χ2v) is 10.7. The minimum atomic E-state index is -0.966. The van der Waals surface area contributed by atoms with Crippen molar-refractivity contribution in [3.63, 3.8) is 0 Å². The molecule has 0 spiro atoms. The van der Waals surface area contributed by atoms with E-state index in [1.165, 1.54) is 18.2 Å². The van der Waals surface area contributed by atoms with Gasteiger partial charge in [0.05, 0.1) is 37.0 Å². The Morgan fingerprint density at radius 1 is 0.347 bits per heavy atom. The molecule has 0 bridgehead atoms. The monoisotopic (exact) mass is 649 g/mol. The fourth-order valence-electron chi connectivity index (χ4n) is 6.23. The van der Waals surface area contributed by atoms with Crippen LogP contribution in [-0.4, -0.2) is 0 Å². The van der Waals surface area contributed by atoms with Gasteiger partial charge >= 0.3 is 0 Å². The molecule has 0 atom stereocenters. The van der Waals surface area contributed by atoms with Gasteiger partial charge in [0.15, 0.2) is 0 Å². The van der Waals surface area contributed by atoms with E-state index in [4.69, 9.17) is 29.1 Å². The second-order valence-electron chi connectivity index (χ2n) is 10.7. The molecule has 0 saturated heterocycles. The third kappa shape index (κ3) is 4.26. The molecule has 228 valence electrons. The van der Waals surface area contributed by atoms with Gasteiger partial charge in [-0.15, -0.1) is 0 Å². The molecule has 0 unspecified atom stereocenters. The minimum Gasteiger partial charge on any atom is -0.455 e. The first kappa shape index (κ1) is 11.9. The molecule has 0 aliphatic rings. The fourth-order valence-corrected chi connectivity index (χ4v) is 6.23. The van der Waals surface area contributed by atoms with Gasteiger partial charge in [0.25, 0.3) is 0 Å². The van der Waals surface area contributed by atoms with Crippen LogP contribution < -0.4 is 0 Å². The average Bonchev–Trinajstić information content (AvgIpc) is 3.93. The summed E-state index contributed by atoms with van der Waals surface area (Å²) in [6.45, 7) is 0. The van der Waals surface area contributed by atoms with Crippen molar-refractivity contribution in [2.24, 2.45) is 0 Å². The van der Waals surface area contributed by atoms with Crippen molar-refractivity contribution in [1.29, 1.82) is 0 Å². The molecule has 1 heterocycles. The summed E-state index contributed by atoms with van der Waals surface area (Å²) in [6, 6.07) is -20.0. The highest BCUT2D eigenvalue weighted by Crippen LogP contribution is 2.51. The van der Waals surface area contributed by atoms with Crippen LogP contribution in [0.25, 0.3) is 98.8 Å². The number of hydrogen-bond donors (Lipinski definition) is 0. The lowest BCUT2D eigenvalue weighted by atomic mass is 9.84. The van der Waals surface area contributed by atoms with Crippen LogP contribution in [0.4, 0.5) is 0 Å². The summed E-state index contributed by atoms with van der Waals surface area (Å²) in [5, 5.41) is -5.17. The third-order valence-corrected chi connectivity index (χ3v) is 8.21. The molecule has 49 heavy (non-hydrogen) atoms. The molecule has 0 N–H and O–H groups in total. The summed E-state index contributed by atoms with van der Waals surface area (Å²) in [6.07, 6.45) is 0. The standard InChI is InChI=1S/C48H30O/c1-3-15-31(16-4-1)35-25-13-28-43-46(48(49-47(35)43)42-27-14-26-36-34-20-8-7-17-32(34)29-30-37(36)42)45-40-23-11-9-21-38(40)44(33-18-5-2-6-19-33)39-22-10-12-24-41(39)45/h1-30H/i1D,2D,3D,4D,5D,6D,7D,8D,9D,10D,11D,12D,14D,15D,16D,17D,18D,19D,20D,21D,22D,23D,24D,26D,27D,29D,30D. The van der Waals surface area contributed by atoms with E-state index in [2.05, 4.69) is 0 Å². The molecule has 0 amide bonds. The quantitative estimate of drug-likeness (QED) is 0.137. The van der Waals surface area contributed by atoms with Crippen molar-refractivity contribution in [3.8, 4) is 44.7 Å². The smallest absolute Gasteiger partial charge is 0.143 e. The Morgan fingerprint density at radius 2 is 0.918 bits per heavy atom. The van der Waals surface area contributed by atoms with Gasteiger partial charge < -0.3 is 4.42 Å². The topological polar surface area (TPSA) is 13.1 Å². The van der Waals surface area contributed by atoms with E-state index in [9.17, 15) is 12.3 Å². The van der Waals surface area contributed by atoms with E-state index in [1.54, 1.807) is 0 Å². The maximum absolute atomic E-state index is 9.66. The predicted octanol–water partition coefficient (Wildman–Crippen LogP) is 13.7. The number of fused-ring (bicyclic) bond motifs is 6. The Kier molecular flexibility index (Phi) is 2.69. The highest BCUT2D eigenvalue weighted by atomic mass is 16.3. The highest BCUT2D eigenvalue weighted by molar-refractivity contribution is 6.26. The van der Waals surface area contributed by atoms with Crippen LogP contribution in [0.2, 0.25) is 0 Å². The lowest BCUT2D eigenvalue weighted by molar-refractivity contribution is 0.634.